The van der Waals surface area contributed by atoms with Crippen molar-refractivity contribution in [3.8, 4) is 5.88 Å². The van der Waals surface area contributed by atoms with E-state index in [1.54, 1.807) is 13.3 Å². The molecule has 0 unspecified atom stereocenters. The molecule has 74 valence electrons. The summed E-state index contributed by atoms with van der Waals surface area (Å²) >= 11 is 3.45. The summed E-state index contributed by atoms with van der Waals surface area (Å²) in [7, 11) is 3.52. The van der Waals surface area contributed by atoms with Crippen LogP contribution in [0.15, 0.2) is 10.7 Å². The van der Waals surface area contributed by atoms with Crippen LogP contribution in [0.5, 0.6) is 5.88 Å². The molecule has 0 atom stereocenters. The average molecular weight is 256 g/mol. The Morgan fingerprint density at radius 1 is 1.50 bits per heavy atom. The molecule has 4 nitrogen and oxygen atoms in total. The molecule has 0 saturated heterocycles. The number of fused-ring (bicyclic) bond motifs is 1. The Labute approximate surface area is 90.0 Å². The van der Waals surface area contributed by atoms with E-state index in [0.29, 0.717) is 5.88 Å². The number of methoxy groups -OCH3 is 1. The van der Waals surface area contributed by atoms with Gasteiger partial charge in [-0.25, -0.2) is 4.98 Å². The van der Waals surface area contributed by atoms with Crippen LogP contribution < -0.4 is 4.74 Å². The fraction of sp³-hybridized carbons (Fsp3) is 0.333. The highest BCUT2D eigenvalue weighted by Crippen LogP contribution is 2.31. The van der Waals surface area contributed by atoms with Crippen molar-refractivity contribution in [2.75, 3.05) is 7.11 Å². The first kappa shape index (κ1) is 9.45. The predicted molar refractivity (Wildman–Crippen MR) is 57.5 cm³/mol. The molecule has 0 N–H and O–H groups in total. The van der Waals surface area contributed by atoms with Crippen molar-refractivity contribution in [1.82, 2.24) is 14.8 Å². The second-order valence-corrected chi connectivity index (χ2v) is 3.90. The average Bonchev–Trinajstić information content (AvgIpc) is 2.44. The van der Waals surface area contributed by atoms with Gasteiger partial charge >= 0.3 is 0 Å². The van der Waals surface area contributed by atoms with Gasteiger partial charge in [0.2, 0.25) is 5.88 Å². The first-order chi connectivity index (χ1) is 6.65. The number of hydrogen-bond donors (Lipinski definition) is 0. The molecule has 2 heterocycles. The Morgan fingerprint density at radius 2 is 2.21 bits per heavy atom. The Bertz CT molecular complexity index is 492. The van der Waals surface area contributed by atoms with Crippen LogP contribution in [-0.2, 0) is 7.05 Å². The van der Waals surface area contributed by atoms with Gasteiger partial charge in [-0.2, -0.15) is 5.10 Å². The summed E-state index contributed by atoms with van der Waals surface area (Å²) in [6.07, 6.45) is 1.72. The largest absolute Gasteiger partial charge is 0.480 e. The third kappa shape index (κ3) is 1.19. The molecule has 2 aromatic heterocycles. The van der Waals surface area contributed by atoms with Crippen LogP contribution in [0.1, 0.15) is 5.69 Å². The maximum absolute atomic E-state index is 5.19. The lowest BCUT2D eigenvalue weighted by atomic mass is 10.2. The molecule has 14 heavy (non-hydrogen) atoms. The van der Waals surface area contributed by atoms with Gasteiger partial charge in [-0.3, -0.25) is 4.68 Å². The van der Waals surface area contributed by atoms with E-state index in [9.17, 15) is 0 Å². The van der Waals surface area contributed by atoms with Gasteiger partial charge in [0.25, 0.3) is 0 Å². The molecular weight excluding hydrogens is 246 g/mol. The number of rotatable bonds is 1. The van der Waals surface area contributed by atoms with Crippen LogP contribution in [0.25, 0.3) is 10.9 Å². The predicted octanol–water partition coefficient (Wildman–Crippen LogP) is 2.05. The maximum atomic E-state index is 5.19. The molecule has 0 aliphatic heterocycles. The fourth-order valence-electron chi connectivity index (χ4n) is 1.58. The lowest BCUT2D eigenvalue weighted by Gasteiger charge is -2.02. The van der Waals surface area contributed by atoms with E-state index in [4.69, 9.17) is 4.74 Å². The minimum Gasteiger partial charge on any atom is -0.480 e. The number of aryl methyl sites for hydroxylation is 2. The molecule has 0 spiro atoms. The third-order valence-electron chi connectivity index (χ3n) is 2.15. The molecule has 0 amide bonds. The van der Waals surface area contributed by atoms with Gasteiger partial charge in [0.15, 0.2) is 0 Å². The van der Waals surface area contributed by atoms with Gasteiger partial charge < -0.3 is 4.74 Å². The van der Waals surface area contributed by atoms with Crippen molar-refractivity contribution in [2.24, 2.45) is 7.05 Å². The van der Waals surface area contributed by atoms with Crippen molar-refractivity contribution in [3.05, 3.63) is 16.4 Å². The summed E-state index contributed by atoms with van der Waals surface area (Å²) in [4.78, 5) is 4.18. The molecule has 2 rings (SSSR count). The highest BCUT2D eigenvalue weighted by atomic mass is 79.9. The Hall–Kier alpha value is -1.10. The highest BCUT2D eigenvalue weighted by Gasteiger charge is 2.14. The summed E-state index contributed by atoms with van der Waals surface area (Å²) in [5.41, 5.74) is 1.93. The number of ether oxygens (including phenoxy) is 1. The second kappa shape index (κ2) is 3.24. The van der Waals surface area contributed by atoms with Gasteiger partial charge in [-0.15, -0.1) is 0 Å². The van der Waals surface area contributed by atoms with Crippen LogP contribution in [0.2, 0.25) is 0 Å². The molecule has 0 aliphatic carbocycles. The van der Waals surface area contributed by atoms with Crippen molar-refractivity contribution in [2.45, 2.75) is 6.92 Å². The normalized spacial score (nSPS) is 10.9. The van der Waals surface area contributed by atoms with Crippen molar-refractivity contribution >= 4 is 26.8 Å². The quantitative estimate of drug-likeness (QED) is 0.783. The number of hydrogen-bond acceptors (Lipinski definition) is 3. The van der Waals surface area contributed by atoms with Crippen LogP contribution in [-0.4, -0.2) is 21.9 Å². The monoisotopic (exact) mass is 255 g/mol. The van der Waals surface area contributed by atoms with Crippen molar-refractivity contribution in [3.63, 3.8) is 0 Å². The highest BCUT2D eigenvalue weighted by molar-refractivity contribution is 9.10. The van der Waals surface area contributed by atoms with E-state index in [-0.39, 0.29) is 0 Å². The van der Waals surface area contributed by atoms with E-state index in [1.165, 1.54) is 0 Å². The smallest absolute Gasteiger partial charge is 0.224 e. The van der Waals surface area contributed by atoms with E-state index >= 15 is 0 Å². The Morgan fingerprint density at radius 3 is 2.86 bits per heavy atom. The van der Waals surface area contributed by atoms with Gasteiger partial charge in [0.05, 0.1) is 28.2 Å². The van der Waals surface area contributed by atoms with Gasteiger partial charge in [-0.05, 0) is 22.9 Å². The van der Waals surface area contributed by atoms with Crippen LogP contribution in [0, 0.1) is 6.92 Å². The Balaban J connectivity index is 2.94. The topological polar surface area (TPSA) is 39.9 Å². The zero-order valence-corrected chi connectivity index (χ0v) is 9.79. The molecule has 0 saturated carbocycles. The minimum absolute atomic E-state index is 0.619. The van der Waals surface area contributed by atoms with E-state index in [1.807, 2.05) is 18.7 Å². The lowest BCUT2D eigenvalue weighted by molar-refractivity contribution is 0.403. The summed E-state index contributed by atoms with van der Waals surface area (Å²) in [6, 6.07) is 0. The van der Waals surface area contributed by atoms with Gasteiger partial charge in [0, 0.05) is 13.2 Å². The number of halogens is 1. The Kier molecular flexibility index (Phi) is 2.19. The van der Waals surface area contributed by atoms with Crippen LogP contribution >= 0.6 is 15.9 Å². The number of nitrogens with zero attached hydrogens (tertiary/aromatic N) is 3. The van der Waals surface area contributed by atoms with E-state index < -0.39 is 0 Å². The van der Waals surface area contributed by atoms with Gasteiger partial charge in [0.1, 0.15) is 0 Å². The second-order valence-electron chi connectivity index (χ2n) is 3.05. The minimum atomic E-state index is 0.619. The molecule has 2 aromatic rings. The standard InChI is InChI=1S/C9H10BrN3O/c1-5-7-8(13(2)12-5)6(10)4-11-9(7)14-3/h4H,1-3H3. The zero-order chi connectivity index (χ0) is 10.3. The maximum Gasteiger partial charge on any atom is 0.224 e. The number of pyridine rings is 1. The SMILES string of the molecule is COc1ncc(Br)c2c1c(C)nn2C. The zero-order valence-electron chi connectivity index (χ0n) is 8.21. The molecule has 0 radical (unpaired) electrons. The van der Waals surface area contributed by atoms with Crippen LogP contribution in [0.3, 0.4) is 0 Å². The number of aromatic nitrogens is 3. The van der Waals surface area contributed by atoms with Crippen molar-refractivity contribution in [1.29, 1.82) is 0 Å². The summed E-state index contributed by atoms with van der Waals surface area (Å²) in [5, 5.41) is 5.29. The molecule has 0 aliphatic rings. The molecule has 5 heteroatoms. The van der Waals surface area contributed by atoms with E-state index in [2.05, 4.69) is 26.0 Å². The summed E-state index contributed by atoms with van der Waals surface area (Å²) < 4.78 is 7.94. The lowest BCUT2D eigenvalue weighted by Crippen LogP contribution is -1.92. The molecular formula is C9H10BrN3O. The first-order valence-electron chi connectivity index (χ1n) is 4.17. The van der Waals surface area contributed by atoms with E-state index in [0.717, 1.165) is 21.1 Å². The molecule has 0 fully saturated rings. The van der Waals surface area contributed by atoms with Crippen LogP contribution in [0.4, 0.5) is 0 Å². The molecule has 0 aromatic carbocycles. The van der Waals surface area contributed by atoms with Gasteiger partial charge in [-0.1, -0.05) is 0 Å². The first-order valence-corrected chi connectivity index (χ1v) is 4.96. The molecule has 0 bridgehead atoms. The summed E-state index contributed by atoms with van der Waals surface area (Å²) in [5.74, 6) is 0.619. The third-order valence-corrected chi connectivity index (χ3v) is 2.73. The van der Waals surface area contributed by atoms with Crippen molar-refractivity contribution < 1.29 is 4.74 Å². The summed E-state index contributed by atoms with van der Waals surface area (Å²) in [6.45, 7) is 1.94. The fourth-order valence-corrected chi connectivity index (χ4v) is 2.14.